The maximum atomic E-state index is 13.6. The Kier molecular flexibility index (Phi) is 4.15. The SMILES string of the molecule is Fc1cccc(CC2(CBr)CCOCC2)c1F. The molecule has 1 saturated heterocycles. The van der Waals surface area contributed by atoms with Crippen molar-refractivity contribution in [1.29, 1.82) is 0 Å². The second-order valence-electron chi connectivity index (χ2n) is 4.64. The van der Waals surface area contributed by atoms with Crippen LogP contribution in [-0.2, 0) is 11.2 Å². The van der Waals surface area contributed by atoms with E-state index in [0.717, 1.165) is 24.2 Å². The van der Waals surface area contributed by atoms with Crippen LogP contribution in [0.2, 0.25) is 0 Å². The van der Waals surface area contributed by atoms with Gasteiger partial charge in [-0.05, 0) is 36.3 Å². The Labute approximate surface area is 108 Å². The minimum atomic E-state index is -0.765. The summed E-state index contributed by atoms with van der Waals surface area (Å²) in [5.74, 6) is -1.47. The quantitative estimate of drug-likeness (QED) is 0.774. The fourth-order valence-electron chi connectivity index (χ4n) is 2.25. The van der Waals surface area contributed by atoms with Gasteiger partial charge in [0.15, 0.2) is 11.6 Å². The normalized spacial score (nSPS) is 19.2. The van der Waals surface area contributed by atoms with Gasteiger partial charge >= 0.3 is 0 Å². The zero-order chi connectivity index (χ0) is 12.3. The Balaban J connectivity index is 2.20. The van der Waals surface area contributed by atoms with Gasteiger partial charge in [-0.25, -0.2) is 8.78 Å². The Bertz CT molecular complexity index is 389. The second kappa shape index (κ2) is 5.44. The Morgan fingerprint density at radius 3 is 2.59 bits per heavy atom. The Morgan fingerprint density at radius 1 is 1.24 bits per heavy atom. The van der Waals surface area contributed by atoms with Gasteiger partial charge in [-0.2, -0.15) is 0 Å². The number of alkyl halides is 1. The van der Waals surface area contributed by atoms with E-state index in [1.807, 2.05) is 0 Å². The summed E-state index contributed by atoms with van der Waals surface area (Å²) in [5.41, 5.74) is 0.457. The maximum Gasteiger partial charge on any atom is 0.162 e. The van der Waals surface area contributed by atoms with Crippen molar-refractivity contribution in [1.82, 2.24) is 0 Å². The van der Waals surface area contributed by atoms with Crippen molar-refractivity contribution in [2.75, 3.05) is 18.5 Å². The van der Waals surface area contributed by atoms with Crippen LogP contribution in [0.5, 0.6) is 0 Å². The van der Waals surface area contributed by atoms with Crippen LogP contribution in [0.15, 0.2) is 18.2 Å². The number of rotatable bonds is 3. The molecule has 1 nitrogen and oxygen atoms in total. The Morgan fingerprint density at radius 2 is 1.94 bits per heavy atom. The first-order chi connectivity index (χ1) is 8.17. The largest absolute Gasteiger partial charge is 0.381 e. The van der Waals surface area contributed by atoms with Crippen LogP contribution in [0.25, 0.3) is 0 Å². The van der Waals surface area contributed by atoms with E-state index >= 15 is 0 Å². The standard InChI is InChI=1S/C13H15BrF2O/c14-9-13(4-6-17-7-5-13)8-10-2-1-3-11(15)12(10)16/h1-3H,4-9H2. The molecule has 0 unspecified atom stereocenters. The van der Waals surface area contributed by atoms with E-state index in [0.29, 0.717) is 25.2 Å². The number of halogens is 3. The van der Waals surface area contributed by atoms with Crippen molar-refractivity contribution in [3.8, 4) is 0 Å². The molecule has 17 heavy (non-hydrogen) atoms. The maximum absolute atomic E-state index is 13.6. The number of hydrogen-bond donors (Lipinski definition) is 0. The molecule has 0 radical (unpaired) electrons. The summed E-state index contributed by atoms with van der Waals surface area (Å²) in [6.07, 6.45) is 2.33. The summed E-state index contributed by atoms with van der Waals surface area (Å²) in [7, 11) is 0. The molecule has 2 rings (SSSR count). The van der Waals surface area contributed by atoms with E-state index < -0.39 is 11.6 Å². The lowest BCUT2D eigenvalue weighted by atomic mass is 9.77. The lowest BCUT2D eigenvalue weighted by Gasteiger charge is -2.35. The van der Waals surface area contributed by atoms with Gasteiger partial charge in [0.2, 0.25) is 0 Å². The number of hydrogen-bond acceptors (Lipinski definition) is 1. The number of benzene rings is 1. The first kappa shape index (κ1) is 13.0. The first-order valence-corrected chi connectivity index (χ1v) is 6.86. The van der Waals surface area contributed by atoms with E-state index in [-0.39, 0.29) is 5.41 Å². The van der Waals surface area contributed by atoms with Crippen LogP contribution < -0.4 is 0 Å². The van der Waals surface area contributed by atoms with Gasteiger partial charge in [0.25, 0.3) is 0 Å². The zero-order valence-corrected chi connectivity index (χ0v) is 11.1. The van der Waals surface area contributed by atoms with Gasteiger partial charge in [0, 0.05) is 18.5 Å². The van der Waals surface area contributed by atoms with Crippen molar-refractivity contribution in [3.63, 3.8) is 0 Å². The van der Waals surface area contributed by atoms with Crippen molar-refractivity contribution < 1.29 is 13.5 Å². The second-order valence-corrected chi connectivity index (χ2v) is 5.20. The summed E-state index contributed by atoms with van der Waals surface area (Å²) < 4.78 is 32.1. The summed E-state index contributed by atoms with van der Waals surface area (Å²) in [5, 5.41) is 0.791. The molecule has 0 atom stereocenters. The van der Waals surface area contributed by atoms with Gasteiger partial charge in [-0.3, -0.25) is 0 Å². The summed E-state index contributed by atoms with van der Waals surface area (Å²) in [6, 6.07) is 4.39. The molecule has 0 N–H and O–H groups in total. The third-order valence-corrected chi connectivity index (χ3v) is 4.62. The molecule has 1 aromatic rings. The first-order valence-electron chi connectivity index (χ1n) is 5.73. The molecule has 1 heterocycles. The van der Waals surface area contributed by atoms with E-state index in [2.05, 4.69) is 15.9 Å². The van der Waals surface area contributed by atoms with Crippen molar-refractivity contribution >= 4 is 15.9 Å². The lowest BCUT2D eigenvalue weighted by molar-refractivity contribution is 0.0265. The highest BCUT2D eigenvalue weighted by atomic mass is 79.9. The van der Waals surface area contributed by atoms with Gasteiger partial charge in [-0.1, -0.05) is 28.1 Å². The molecule has 0 amide bonds. The minimum Gasteiger partial charge on any atom is -0.381 e. The molecule has 1 aliphatic rings. The van der Waals surface area contributed by atoms with Crippen LogP contribution in [0, 0.1) is 17.0 Å². The van der Waals surface area contributed by atoms with E-state index in [4.69, 9.17) is 4.74 Å². The molecule has 0 aliphatic carbocycles. The summed E-state index contributed by atoms with van der Waals surface area (Å²) >= 11 is 3.50. The van der Waals surface area contributed by atoms with E-state index in [1.165, 1.54) is 0 Å². The fraction of sp³-hybridized carbons (Fsp3) is 0.538. The lowest BCUT2D eigenvalue weighted by Crippen LogP contribution is -2.33. The molecular formula is C13H15BrF2O. The average molecular weight is 305 g/mol. The Hall–Kier alpha value is -0.480. The fourth-order valence-corrected chi connectivity index (χ4v) is 3.01. The summed E-state index contributed by atoms with van der Waals surface area (Å²) in [6.45, 7) is 1.39. The topological polar surface area (TPSA) is 9.23 Å². The average Bonchev–Trinajstić information content (AvgIpc) is 2.36. The van der Waals surface area contributed by atoms with Gasteiger partial charge in [0.1, 0.15) is 0 Å². The van der Waals surface area contributed by atoms with Crippen molar-refractivity contribution in [3.05, 3.63) is 35.4 Å². The van der Waals surface area contributed by atoms with Gasteiger partial charge in [-0.15, -0.1) is 0 Å². The summed E-state index contributed by atoms with van der Waals surface area (Å²) in [4.78, 5) is 0. The molecular weight excluding hydrogens is 290 g/mol. The van der Waals surface area contributed by atoms with Crippen molar-refractivity contribution in [2.24, 2.45) is 5.41 Å². The zero-order valence-electron chi connectivity index (χ0n) is 9.52. The monoisotopic (exact) mass is 304 g/mol. The van der Waals surface area contributed by atoms with Crippen LogP contribution in [0.1, 0.15) is 18.4 Å². The molecule has 1 aliphatic heterocycles. The predicted molar refractivity (Wildman–Crippen MR) is 66.3 cm³/mol. The smallest absolute Gasteiger partial charge is 0.162 e. The number of ether oxygens (including phenoxy) is 1. The molecule has 0 aromatic heterocycles. The predicted octanol–water partition coefficient (Wildman–Crippen LogP) is 3.70. The molecule has 1 fully saturated rings. The highest BCUT2D eigenvalue weighted by Crippen LogP contribution is 2.36. The minimum absolute atomic E-state index is 0.00706. The van der Waals surface area contributed by atoms with Gasteiger partial charge < -0.3 is 4.74 Å². The molecule has 0 spiro atoms. The van der Waals surface area contributed by atoms with E-state index in [9.17, 15) is 8.78 Å². The highest BCUT2D eigenvalue weighted by Gasteiger charge is 2.32. The molecule has 1 aromatic carbocycles. The van der Waals surface area contributed by atoms with Crippen LogP contribution in [-0.4, -0.2) is 18.5 Å². The van der Waals surface area contributed by atoms with Crippen LogP contribution in [0.4, 0.5) is 8.78 Å². The van der Waals surface area contributed by atoms with Crippen LogP contribution >= 0.6 is 15.9 Å². The third-order valence-electron chi connectivity index (χ3n) is 3.43. The third kappa shape index (κ3) is 2.86. The molecule has 0 saturated carbocycles. The molecule has 94 valence electrons. The van der Waals surface area contributed by atoms with Crippen LogP contribution in [0.3, 0.4) is 0 Å². The highest BCUT2D eigenvalue weighted by molar-refractivity contribution is 9.09. The molecule has 4 heteroatoms. The van der Waals surface area contributed by atoms with Gasteiger partial charge in [0.05, 0.1) is 0 Å². The van der Waals surface area contributed by atoms with Crippen molar-refractivity contribution in [2.45, 2.75) is 19.3 Å². The van der Waals surface area contributed by atoms with E-state index in [1.54, 1.807) is 12.1 Å². The molecule has 0 bridgehead atoms.